The van der Waals surface area contributed by atoms with Gasteiger partial charge in [-0.2, -0.15) is 13.8 Å². The molecule has 3 heterocycles. The normalized spacial score (nSPS) is 11.6. The van der Waals surface area contributed by atoms with Gasteiger partial charge >= 0.3 is 5.69 Å². The minimum absolute atomic E-state index is 0.134. The molecule has 0 aliphatic carbocycles. The van der Waals surface area contributed by atoms with Crippen molar-refractivity contribution in [3.8, 4) is 11.6 Å². The molecule has 3 aromatic heterocycles. The molecule has 0 bridgehead atoms. The second-order valence-corrected chi connectivity index (χ2v) is 4.66. The van der Waals surface area contributed by atoms with Gasteiger partial charge < -0.3 is 4.74 Å². The maximum absolute atomic E-state index is 13.8. The van der Waals surface area contributed by atoms with Crippen molar-refractivity contribution in [2.75, 3.05) is 0 Å². The topological polar surface area (TPSA) is 90.6 Å². The number of H-pyrrole nitrogens is 1. The fourth-order valence-corrected chi connectivity index (χ4v) is 2.33. The molecule has 0 saturated carbocycles. The fraction of sp³-hybridized carbons (Fsp3) is 0.200. The number of nitrogens with one attached hydrogen (secondary N) is 1. The van der Waals surface area contributed by atoms with Crippen LogP contribution in [-0.2, 0) is 13.7 Å². The maximum atomic E-state index is 13.8. The lowest BCUT2D eigenvalue weighted by molar-refractivity contribution is 0.288. The minimum Gasteiger partial charge on any atom is -0.472 e. The van der Waals surface area contributed by atoms with Crippen molar-refractivity contribution in [3.05, 3.63) is 38.8 Å². The fourth-order valence-electron chi connectivity index (χ4n) is 1.57. The monoisotopic (exact) mass is 298 g/mol. The quantitative estimate of drug-likeness (QED) is 0.756. The largest absolute Gasteiger partial charge is 0.472 e. The van der Waals surface area contributed by atoms with E-state index in [1.54, 1.807) is 0 Å². The second kappa shape index (κ2) is 4.89. The van der Waals surface area contributed by atoms with Gasteiger partial charge in [-0.05, 0) is 10.4 Å². The number of hydrogen-bond acceptors (Lipinski definition) is 6. The highest BCUT2D eigenvalue weighted by atomic mass is 32.1. The van der Waals surface area contributed by atoms with Gasteiger partial charge in [0.2, 0.25) is 5.88 Å². The Hall–Kier alpha value is -2.49. The number of thiophene rings is 1. The summed E-state index contributed by atoms with van der Waals surface area (Å²) in [5.74, 6) is 0.188. The SMILES string of the molecule is [3H]n1ccc(OCc2c(-n3nnn(C)c3=O)csc2F)n1. The van der Waals surface area contributed by atoms with E-state index in [9.17, 15) is 9.18 Å². The number of rotatable bonds is 4. The molecule has 104 valence electrons. The molecule has 0 spiro atoms. The Morgan fingerprint density at radius 1 is 1.60 bits per heavy atom. The molecule has 0 aromatic carbocycles. The lowest BCUT2D eigenvalue weighted by Crippen LogP contribution is -2.22. The number of aromatic amines is 1. The third-order valence-corrected chi connectivity index (χ3v) is 3.37. The second-order valence-electron chi connectivity index (χ2n) is 3.83. The van der Waals surface area contributed by atoms with Crippen LogP contribution in [0.4, 0.5) is 4.39 Å². The number of ether oxygens (including phenoxy) is 1. The Balaban J connectivity index is 1.90. The van der Waals surface area contributed by atoms with Crippen molar-refractivity contribution in [1.29, 1.82) is 0 Å². The van der Waals surface area contributed by atoms with E-state index in [4.69, 9.17) is 6.15 Å². The first-order valence-electron chi connectivity index (χ1n) is 5.94. The highest BCUT2D eigenvalue weighted by Crippen LogP contribution is 2.24. The highest BCUT2D eigenvalue weighted by molar-refractivity contribution is 7.08. The van der Waals surface area contributed by atoms with Crippen LogP contribution in [0.5, 0.6) is 5.88 Å². The molecule has 10 heteroatoms. The molecular formula is C10H9FN6O2S. The average molecular weight is 298 g/mol. The molecule has 3 aromatic rings. The number of hydrogen-bond donors (Lipinski definition) is 1. The lowest BCUT2D eigenvalue weighted by atomic mass is 10.3. The van der Waals surface area contributed by atoms with E-state index in [1.165, 1.54) is 24.7 Å². The first-order chi connectivity index (χ1) is 10.1. The summed E-state index contributed by atoms with van der Waals surface area (Å²) in [6.07, 6.45) is 1.38. The lowest BCUT2D eigenvalue weighted by Gasteiger charge is -2.03. The standard InChI is InChI=1S/C10H9FN6O2S/c1-16-10(18)17(15-14-16)7-5-20-9(11)6(7)4-19-8-2-3-12-13-8/h2-3,5H,4H2,1H3,(H,12,13)/i/hT. The smallest absolute Gasteiger partial charge is 0.368 e. The van der Waals surface area contributed by atoms with Crippen molar-refractivity contribution < 1.29 is 10.5 Å². The molecule has 0 unspecified atom stereocenters. The van der Waals surface area contributed by atoms with Crippen LogP contribution < -0.4 is 10.4 Å². The van der Waals surface area contributed by atoms with Crippen LogP contribution in [0, 0.1) is 5.13 Å². The van der Waals surface area contributed by atoms with Gasteiger partial charge in [0.05, 0.1) is 11.3 Å². The van der Waals surface area contributed by atoms with Crippen LogP contribution in [0.2, 0.25) is 1.41 Å². The van der Waals surface area contributed by atoms with Gasteiger partial charge in [-0.1, -0.05) is 0 Å². The average Bonchev–Trinajstić information content (AvgIpc) is 3.11. The van der Waals surface area contributed by atoms with Crippen molar-refractivity contribution >= 4 is 11.3 Å². The third kappa shape index (κ3) is 2.09. The maximum Gasteiger partial charge on any atom is 0.368 e. The molecule has 0 fully saturated rings. The van der Waals surface area contributed by atoms with Gasteiger partial charge in [0.25, 0.3) is 0 Å². The van der Waals surface area contributed by atoms with Crippen molar-refractivity contribution in [2.24, 2.45) is 7.05 Å². The van der Waals surface area contributed by atoms with Crippen LogP contribution in [0.15, 0.2) is 22.4 Å². The first kappa shape index (κ1) is 11.3. The minimum atomic E-state index is -0.482. The number of nitrogens with zero attached hydrogens (tertiary/aromatic N) is 5. The van der Waals surface area contributed by atoms with Gasteiger partial charge in [-0.25, -0.2) is 4.79 Å². The highest BCUT2D eigenvalue weighted by Gasteiger charge is 2.18. The van der Waals surface area contributed by atoms with Crippen LogP contribution >= 0.6 is 11.3 Å². The zero-order valence-corrected chi connectivity index (χ0v) is 11.0. The zero-order valence-electron chi connectivity index (χ0n) is 11.2. The molecule has 3 rings (SSSR count). The Bertz CT molecular complexity index is 837. The number of aryl methyl sites for hydroxylation is 1. The van der Waals surface area contributed by atoms with E-state index >= 15 is 0 Å². The first-order valence-corrected chi connectivity index (χ1v) is 6.37. The van der Waals surface area contributed by atoms with E-state index in [1.807, 2.05) is 0 Å². The van der Waals surface area contributed by atoms with E-state index < -0.39 is 10.8 Å². The Labute approximate surface area is 116 Å². The Morgan fingerprint density at radius 2 is 2.45 bits per heavy atom. The van der Waals surface area contributed by atoms with Crippen LogP contribution in [-0.4, -0.2) is 30.0 Å². The number of tetrazole rings is 1. The van der Waals surface area contributed by atoms with Gasteiger partial charge in [-0.15, -0.1) is 16.4 Å². The van der Waals surface area contributed by atoms with Gasteiger partial charge in [-0.3, -0.25) is 5.09 Å². The zero-order chi connectivity index (χ0) is 15.0. The predicted molar refractivity (Wildman–Crippen MR) is 67.4 cm³/mol. The molecule has 0 aliphatic heterocycles. The molecule has 8 nitrogen and oxygen atoms in total. The predicted octanol–water partition coefficient (Wildman–Crippen LogP) is 0.469. The summed E-state index contributed by atoms with van der Waals surface area (Å²) >= 11 is 0.838. The molecule has 0 amide bonds. The molecule has 0 atom stereocenters. The summed E-state index contributed by atoms with van der Waals surface area (Å²) in [5.41, 5.74) is -0.0208. The molecule has 0 aliphatic rings. The molecule has 20 heavy (non-hydrogen) atoms. The van der Waals surface area contributed by atoms with E-state index in [0.717, 1.165) is 25.8 Å². The Kier molecular flexibility index (Phi) is 2.77. The van der Waals surface area contributed by atoms with Crippen LogP contribution in [0.3, 0.4) is 0 Å². The van der Waals surface area contributed by atoms with Crippen LogP contribution in [0.25, 0.3) is 5.69 Å². The molecular weight excluding hydrogens is 287 g/mol. The molecule has 1 N–H and O–H groups in total. The van der Waals surface area contributed by atoms with E-state index in [2.05, 4.69) is 15.5 Å². The summed E-state index contributed by atoms with van der Waals surface area (Å²) in [4.78, 5) is 11.8. The number of aromatic nitrogens is 6. The van der Waals surface area contributed by atoms with Crippen molar-refractivity contribution in [2.45, 2.75) is 6.61 Å². The van der Waals surface area contributed by atoms with Crippen LogP contribution in [0.1, 0.15) is 5.56 Å². The summed E-state index contributed by atoms with van der Waals surface area (Å²) in [6.45, 7) is -0.134. The van der Waals surface area contributed by atoms with E-state index in [0.29, 0.717) is 0 Å². The summed E-state index contributed by atoms with van der Waals surface area (Å²) in [5, 5.41) is 12.8. The molecule has 0 saturated heterocycles. The van der Waals surface area contributed by atoms with Crippen molar-refractivity contribution in [1.82, 2.24) is 30.0 Å². The summed E-state index contributed by atoms with van der Waals surface area (Å²) in [7, 11) is 1.45. The third-order valence-electron chi connectivity index (χ3n) is 2.57. The van der Waals surface area contributed by atoms with E-state index in [-0.39, 0.29) is 23.7 Å². The molecule has 0 radical (unpaired) electrons. The Morgan fingerprint density at radius 3 is 3.10 bits per heavy atom. The van der Waals surface area contributed by atoms with Gasteiger partial charge in [0.15, 0.2) is 6.54 Å². The van der Waals surface area contributed by atoms with Gasteiger partial charge in [0.1, 0.15) is 6.61 Å². The summed E-state index contributed by atoms with van der Waals surface area (Å²) in [6, 6.07) is 1.48. The number of halogens is 1. The summed E-state index contributed by atoms with van der Waals surface area (Å²) < 4.78 is 28.4. The van der Waals surface area contributed by atoms with Crippen molar-refractivity contribution in [3.63, 3.8) is 0 Å². The van der Waals surface area contributed by atoms with Gasteiger partial charge in [0, 0.05) is 24.7 Å².